The maximum Gasteiger partial charge on any atom is 0.191 e. The molecule has 1 aromatic heterocycles. The van der Waals surface area contributed by atoms with Crippen LogP contribution in [0.25, 0.3) is 0 Å². The van der Waals surface area contributed by atoms with Crippen LogP contribution in [-0.4, -0.2) is 57.7 Å². The summed E-state index contributed by atoms with van der Waals surface area (Å²) in [7, 11) is 1.67. The zero-order valence-corrected chi connectivity index (χ0v) is 14.8. The number of methoxy groups -OCH3 is 1. The van der Waals surface area contributed by atoms with Crippen LogP contribution in [0.3, 0.4) is 0 Å². The highest BCUT2D eigenvalue weighted by Crippen LogP contribution is 2.11. The third kappa shape index (κ3) is 7.99. The van der Waals surface area contributed by atoms with Crippen LogP contribution in [0.2, 0.25) is 0 Å². The largest absolute Gasteiger partial charge is 0.382 e. The Labute approximate surface area is 138 Å². The van der Waals surface area contributed by atoms with Crippen molar-refractivity contribution in [1.82, 2.24) is 15.8 Å². The number of nitrogens with one attached hydrogen (secondary N) is 2. The molecule has 0 saturated heterocycles. The number of aromatic nitrogens is 1. The van der Waals surface area contributed by atoms with Crippen molar-refractivity contribution in [3.05, 3.63) is 17.0 Å². The fraction of sp³-hybridized carbons (Fsp3) is 0.750. The zero-order chi connectivity index (χ0) is 16.9. The van der Waals surface area contributed by atoms with E-state index < -0.39 is 0 Å². The molecule has 0 bridgehead atoms. The highest BCUT2D eigenvalue weighted by atomic mass is 16.5. The molecule has 0 unspecified atom stereocenters. The van der Waals surface area contributed by atoms with Gasteiger partial charge in [0.15, 0.2) is 5.96 Å². The minimum Gasteiger partial charge on any atom is -0.382 e. The number of aliphatic imine (C=N–C) groups is 1. The lowest BCUT2D eigenvalue weighted by Gasteiger charge is -2.11. The molecule has 1 rings (SSSR count). The Morgan fingerprint density at radius 2 is 2.04 bits per heavy atom. The first kappa shape index (κ1) is 19.4. The Bertz CT molecular complexity index is 441. The van der Waals surface area contributed by atoms with Crippen molar-refractivity contribution in [3.63, 3.8) is 0 Å². The van der Waals surface area contributed by atoms with Gasteiger partial charge in [-0.05, 0) is 33.6 Å². The third-order valence-corrected chi connectivity index (χ3v) is 3.34. The Hall–Kier alpha value is -1.60. The van der Waals surface area contributed by atoms with E-state index in [1.54, 1.807) is 7.11 Å². The zero-order valence-electron chi connectivity index (χ0n) is 14.8. The van der Waals surface area contributed by atoms with Gasteiger partial charge in [-0.1, -0.05) is 5.16 Å². The van der Waals surface area contributed by atoms with Crippen molar-refractivity contribution in [2.45, 2.75) is 33.6 Å². The van der Waals surface area contributed by atoms with Crippen molar-refractivity contribution in [2.24, 2.45) is 4.99 Å². The number of ether oxygens (including phenoxy) is 2. The number of hydrogen-bond acceptors (Lipinski definition) is 5. The number of aryl methyl sites for hydroxylation is 2. The Balaban J connectivity index is 2.26. The van der Waals surface area contributed by atoms with Crippen molar-refractivity contribution >= 4 is 5.96 Å². The predicted molar refractivity (Wildman–Crippen MR) is 91.0 cm³/mol. The van der Waals surface area contributed by atoms with Crippen molar-refractivity contribution in [1.29, 1.82) is 0 Å². The summed E-state index contributed by atoms with van der Waals surface area (Å²) in [6.07, 6.45) is 1.76. The molecule has 2 N–H and O–H groups in total. The van der Waals surface area contributed by atoms with Gasteiger partial charge in [-0.3, -0.25) is 4.99 Å². The molecule has 0 aliphatic rings. The molecule has 0 aliphatic heterocycles. The predicted octanol–water partition coefficient (Wildman–Crippen LogP) is 1.44. The second-order valence-corrected chi connectivity index (χ2v) is 5.20. The summed E-state index contributed by atoms with van der Waals surface area (Å²) in [5.74, 6) is 1.72. The number of rotatable bonds is 11. The third-order valence-electron chi connectivity index (χ3n) is 3.34. The highest BCUT2D eigenvalue weighted by Gasteiger charge is 2.08. The minimum absolute atomic E-state index is 0.634. The summed E-state index contributed by atoms with van der Waals surface area (Å²) in [5, 5.41) is 10.5. The molecule has 0 atom stereocenters. The van der Waals surface area contributed by atoms with Gasteiger partial charge in [-0.15, -0.1) is 0 Å². The lowest BCUT2D eigenvalue weighted by atomic mass is 10.1. The van der Waals surface area contributed by atoms with Crippen LogP contribution in [0.5, 0.6) is 0 Å². The minimum atomic E-state index is 0.634. The van der Waals surface area contributed by atoms with Gasteiger partial charge in [0.2, 0.25) is 0 Å². The molecule has 132 valence electrons. The van der Waals surface area contributed by atoms with Crippen LogP contribution >= 0.6 is 0 Å². The van der Waals surface area contributed by atoms with Crippen molar-refractivity contribution in [2.75, 3.05) is 46.6 Å². The topological polar surface area (TPSA) is 80.9 Å². The molecule has 0 amide bonds. The molecule has 7 nitrogen and oxygen atoms in total. The number of nitrogens with zero attached hydrogens (tertiary/aromatic N) is 2. The van der Waals surface area contributed by atoms with Crippen LogP contribution in [0, 0.1) is 13.8 Å². The molecular formula is C16H30N4O3. The van der Waals surface area contributed by atoms with Crippen LogP contribution < -0.4 is 10.6 Å². The average Bonchev–Trinajstić information content (AvgIpc) is 2.85. The molecule has 23 heavy (non-hydrogen) atoms. The maximum atomic E-state index is 5.42. The normalized spacial score (nSPS) is 11.7. The first-order valence-electron chi connectivity index (χ1n) is 8.19. The summed E-state index contributed by atoms with van der Waals surface area (Å²) < 4.78 is 15.5. The lowest BCUT2D eigenvalue weighted by Crippen LogP contribution is -2.38. The SMILES string of the molecule is CCNC(=NCCCOCCOC)NCCc1c(C)noc1C. The monoisotopic (exact) mass is 326 g/mol. The molecule has 1 aromatic rings. The van der Waals surface area contributed by atoms with Gasteiger partial charge < -0.3 is 24.6 Å². The quantitative estimate of drug-likeness (QED) is 0.364. The van der Waals surface area contributed by atoms with E-state index in [4.69, 9.17) is 14.0 Å². The Morgan fingerprint density at radius 3 is 2.70 bits per heavy atom. The molecule has 0 saturated carbocycles. The first-order valence-corrected chi connectivity index (χ1v) is 8.19. The number of guanidine groups is 1. The summed E-state index contributed by atoms with van der Waals surface area (Å²) in [5.41, 5.74) is 2.12. The second kappa shape index (κ2) is 11.9. The smallest absolute Gasteiger partial charge is 0.191 e. The molecule has 0 radical (unpaired) electrons. The molecule has 7 heteroatoms. The van der Waals surface area contributed by atoms with Crippen LogP contribution in [0.4, 0.5) is 0 Å². The van der Waals surface area contributed by atoms with E-state index in [0.717, 1.165) is 49.9 Å². The summed E-state index contributed by atoms with van der Waals surface area (Å²) in [6, 6.07) is 0. The first-order chi connectivity index (χ1) is 11.2. The lowest BCUT2D eigenvalue weighted by molar-refractivity contribution is 0.0702. The average molecular weight is 326 g/mol. The van der Waals surface area contributed by atoms with Gasteiger partial charge in [-0.25, -0.2) is 0 Å². The van der Waals surface area contributed by atoms with Gasteiger partial charge in [0.25, 0.3) is 0 Å². The Morgan fingerprint density at radius 1 is 1.22 bits per heavy atom. The van der Waals surface area contributed by atoms with Crippen molar-refractivity contribution in [3.8, 4) is 0 Å². The standard InChI is InChI=1S/C16H30N4O3/c1-5-17-16(18-8-6-10-22-12-11-21-4)19-9-7-15-13(2)20-23-14(15)3/h5-12H2,1-4H3,(H2,17,18,19). The van der Waals surface area contributed by atoms with Gasteiger partial charge in [0.05, 0.1) is 18.9 Å². The Kier molecular flexibility index (Phi) is 10.1. The van der Waals surface area contributed by atoms with E-state index in [1.807, 2.05) is 13.8 Å². The maximum absolute atomic E-state index is 5.42. The fourth-order valence-electron chi connectivity index (χ4n) is 2.11. The summed E-state index contributed by atoms with van der Waals surface area (Å²) >= 11 is 0. The molecule has 0 fully saturated rings. The van der Waals surface area contributed by atoms with Crippen molar-refractivity contribution < 1.29 is 14.0 Å². The second-order valence-electron chi connectivity index (χ2n) is 5.20. The molecule has 0 aromatic carbocycles. The van der Waals surface area contributed by atoms with E-state index in [2.05, 4.69) is 27.7 Å². The van der Waals surface area contributed by atoms with E-state index in [-0.39, 0.29) is 0 Å². The molecule has 1 heterocycles. The molecule has 0 spiro atoms. The van der Waals surface area contributed by atoms with Gasteiger partial charge in [-0.2, -0.15) is 0 Å². The van der Waals surface area contributed by atoms with E-state index in [9.17, 15) is 0 Å². The molecule has 0 aliphatic carbocycles. The van der Waals surface area contributed by atoms with Crippen LogP contribution in [-0.2, 0) is 15.9 Å². The molecular weight excluding hydrogens is 296 g/mol. The summed E-state index contributed by atoms with van der Waals surface area (Å²) in [6.45, 7) is 10.3. The van der Waals surface area contributed by atoms with Gasteiger partial charge in [0.1, 0.15) is 5.76 Å². The van der Waals surface area contributed by atoms with Gasteiger partial charge in [0, 0.05) is 38.9 Å². The van der Waals surface area contributed by atoms with E-state index in [0.29, 0.717) is 19.8 Å². The van der Waals surface area contributed by atoms with Crippen LogP contribution in [0.15, 0.2) is 9.52 Å². The van der Waals surface area contributed by atoms with E-state index in [1.165, 1.54) is 5.56 Å². The number of hydrogen-bond donors (Lipinski definition) is 2. The van der Waals surface area contributed by atoms with E-state index >= 15 is 0 Å². The fourth-order valence-corrected chi connectivity index (χ4v) is 2.11. The highest BCUT2D eigenvalue weighted by molar-refractivity contribution is 5.79. The van der Waals surface area contributed by atoms with Crippen LogP contribution in [0.1, 0.15) is 30.4 Å². The van der Waals surface area contributed by atoms with Gasteiger partial charge >= 0.3 is 0 Å². The summed E-state index contributed by atoms with van der Waals surface area (Å²) in [4.78, 5) is 4.54.